The second-order valence-corrected chi connectivity index (χ2v) is 15.1. The van der Waals surface area contributed by atoms with E-state index in [9.17, 15) is 20.2 Å². The molecule has 0 radical (unpaired) electrons. The predicted octanol–water partition coefficient (Wildman–Crippen LogP) is 14.2. The van der Waals surface area contributed by atoms with Gasteiger partial charge in [-0.1, -0.05) is 86.6 Å². The molecule has 11 aromatic rings. The predicted molar refractivity (Wildman–Crippen MR) is 257 cm³/mol. The van der Waals surface area contributed by atoms with Gasteiger partial charge < -0.3 is 9.13 Å². The van der Waals surface area contributed by atoms with Gasteiger partial charge in [-0.05, 0) is 108 Å². The molecule has 3 heterocycles. The molecule has 0 amide bonds. The maximum absolute atomic E-state index is 11.4. The molecule has 3 aromatic heterocycles. The minimum atomic E-state index is -0.442. The van der Waals surface area contributed by atoms with E-state index in [0.29, 0.717) is 28.3 Å². The Morgan fingerprint density at radius 3 is 1.38 bits per heavy atom. The molecular weight excluding hydrogens is 797 g/mol. The second kappa shape index (κ2) is 16.3. The Balaban J connectivity index is 0.00000239. The molecule has 0 aliphatic carbocycles. The van der Waals surface area contributed by atoms with Gasteiger partial charge in [-0.15, -0.1) is 0 Å². The number of non-ortho nitro benzene ring substituents is 2. The van der Waals surface area contributed by atoms with E-state index in [1.54, 1.807) is 30.3 Å². The number of hydrogen-bond acceptors (Lipinski definition) is 6. The number of benzene rings is 8. The summed E-state index contributed by atoms with van der Waals surface area (Å²) in [5.74, 6) is 0.439. The van der Waals surface area contributed by atoms with Gasteiger partial charge in [0.15, 0.2) is 5.82 Å². The summed E-state index contributed by atoms with van der Waals surface area (Å²) in [4.78, 5) is 31.7. The van der Waals surface area contributed by atoms with Gasteiger partial charge >= 0.3 is 0 Å². The molecule has 308 valence electrons. The molecule has 0 aliphatic rings. The molecule has 11 rings (SSSR count). The van der Waals surface area contributed by atoms with E-state index in [2.05, 4.69) is 130 Å². The molecule has 10 nitrogen and oxygen atoms in total. The molecule has 0 saturated heterocycles. The van der Waals surface area contributed by atoms with Crippen LogP contribution in [0.2, 0.25) is 0 Å². The first-order valence-electron chi connectivity index (χ1n) is 21.0. The van der Waals surface area contributed by atoms with Crippen molar-refractivity contribution < 1.29 is 9.85 Å². The summed E-state index contributed by atoms with van der Waals surface area (Å²) in [5, 5.41) is 27.5. The van der Waals surface area contributed by atoms with Crippen LogP contribution in [0.4, 0.5) is 11.4 Å². The lowest BCUT2D eigenvalue weighted by Crippen LogP contribution is -1.98. The van der Waals surface area contributed by atoms with Crippen molar-refractivity contribution in [3.8, 4) is 56.4 Å². The molecule has 0 spiro atoms. The number of hydrogen-bond donors (Lipinski definition) is 0. The molecule has 0 N–H and O–H groups in total. The van der Waals surface area contributed by atoms with Crippen LogP contribution in [0.3, 0.4) is 0 Å². The average Bonchev–Trinajstić information content (AvgIpc) is 3.87. The molecule has 0 unspecified atom stereocenters. The third-order valence-electron chi connectivity index (χ3n) is 11.6. The first-order chi connectivity index (χ1) is 31.4. The van der Waals surface area contributed by atoms with Gasteiger partial charge in [0.05, 0.1) is 43.3 Å². The van der Waals surface area contributed by atoms with E-state index in [-0.39, 0.29) is 11.4 Å². The summed E-state index contributed by atoms with van der Waals surface area (Å²) in [5.41, 5.74) is 11.9. The average molecular weight is 835 g/mol. The van der Waals surface area contributed by atoms with Crippen molar-refractivity contribution in [2.45, 2.75) is 13.8 Å². The maximum atomic E-state index is 11.4. The van der Waals surface area contributed by atoms with Crippen LogP contribution < -0.4 is 0 Å². The van der Waals surface area contributed by atoms with Crippen LogP contribution in [0.1, 0.15) is 13.8 Å². The van der Waals surface area contributed by atoms with Gasteiger partial charge in [0, 0.05) is 73.9 Å². The van der Waals surface area contributed by atoms with E-state index >= 15 is 0 Å². The van der Waals surface area contributed by atoms with Gasteiger partial charge in [-0.3, -0.25) is 20.2 Å². The molecule has 0 aliphatic heterocycles. The van der Waals surface area contributed by atoms with Gasteiger partial charge in [0.1, 0.15) is 0 Å². The van der Waals surface area contributed by atoms with Crippen LogP contribution in [-0.2, 0) is 0 Å². The van der Waals surface area contributed by atoms with Gasteiger partial charge in [-0.25, -0.2) is 9.97 Å². The minimum Gasteiger partial charge on any atom is -0.309 e. The quantitative estimate of drug-likeness (QED) is 0.111. The lowest BCUT2D eigenvalue weighted by Gasteiger charge is -2.12. The van der Waals surface area contributed by atoms with Crippen molar-refractivity contribution >= 4 is 55.0 Å². The Morgan fingerprint density at radius 2 is 0.797 bits per heavy atom. The third-order valence-corrected chi connectivity index (χ3v) is 11.6. The fourth-order valence-corrected chi connectivity index (χ4v) is 8.58. The fourth-order valence-electron chi connectivity index (χ4n) is 8.58. The largest absolute Gasteiger partial charge is 0.309 e. The third kappa shape index (κ3) is 6.89. The maximum Gasteiger partial charge on any atom is 0.269 e. The monoisotopic (exact) mass is 834 g/mol. The number of nitro benzene ring substituents is 2. The minimum absolute atomic E-state index is 0.0281. The Morgan fingerprint density at radius 1 is 0.375 bits per heavy atom. The summed E-state index contributed by atoms with van der Waals surface area (Å²) in [6, 6.07) is 63.2. The Labute approximate surface area is 367 Å². The summed E-state index contributed by atoms with van der Waals surface area (Å²) in [6.45, 7) is 4.00. The number of fused-ring (bicyclic) bond motifs is 6. The van der Waals surface area contributed by atoms with Crippen molar-refractivity contribution in [3.63, 3.8) is 0 Å². The summed E-state index contributed by atoms with van der Waals surface area (Å²) >= 11 is 0. The summed E-state index contributed by atoms with van der Waals surface area (Å²) < 4.78 is 4.61. The van der Waals surface area contributed by atoms with Crippen LogP contribution in [-0.4, -0.2) is 28.9 Å². The van der Waals surface area contributed by atoms with E-state index in [0.717, 1.165) is 60.9 Å². The SMILES string of the molecule is CC.O=[N+]([O-])c1ccc(-c2cc(-c3ccc([N+](=O)[O-])cc3)nc(-c3ccc(-n4c5ccccc5c5ccc(-c6ccc7c(c6)c6ccccc6n7-c6ccccc6)cc54)cc3)n2)cc1. The molecular formula is C54H38N6O4. The number of para-hydroxylation sites is 3. The zero-order valence-electron chi connectivity index (χ0n) is 34.8. The first kappa shape index (κ1) is 39.4. The van der Waals surface area contributed by atoms with Crippen LogP contribution in [0.25, 0.3) is 100 Å². The molecule has 0 saturated carbocycles. The van der Waals surface area contributed by atoms with Crippen LogP contribution >= 0.6 is 0 Å². The Kier molecular flexibility index (Phi) is 10.0. The van der Waals surface area contributed by atoms with Gasteiger partial charge in [0.2, 0.25) is 0 Å². The van der Waals surface area contributed by atoms with Crippen molar-refractivity contribution in [1.82, 2.24) is 19.1 Å². The highest BCUT2D eigenvalue weighted by Gasteiger charge is 2.18. The van der Waals surface area contributed by atoms with Crippen LogP contribution in [0, 0.1) is 20.2 Å². The second-order valence-electron chi connectivity index (χ2n) is 15.1. The van der Waals surface area contributed by atoms with Crippen molar-refractivity contribution in [3.05, 3.63) is 214 Å². The number of rotatable bonds is 8. The number of nitrogens with zero attached hydrogens (tertiary/aromatic N) is 6. The highest BCUT2D eigenvalue weighted by atomic mass is 16.6. The topological polar surface area (TPSA) is 122 Å². The van der Waals surface area contributed by atoms with Crippen molar-refractivity contribution in [2.24, 2.45) is 0 Å². The first-order valence-corrected chi connectivity index (χ1v) is 21.0. The standard InChI is InChI=1S/C52H32N6O4.C2H6/c59-57(60)40-24-14-33(15-25-40)46-32-47(34-16-26-41(27-17-34)58(61)62)54-52(53-46)35-18-22-39(23-19-35)56-48-12-6-4-10-42(48)44-28-20-37(31-51(44)56)36-21-29-50-45(30-36)43-11-5-7-13-49(43)55(50)38-8-2-1-3-9-38;1-2/h1-32H;1-2H3. The molecule has 8 aromatic carbocycles. The van der Waals surface area contributed by atoms with Gasteiger partial charge in [0.25, 0.3) is 11.4 Å². The molecule has 0 atom stereocenters. The van der Waals surface area contributed by atoms with Gasteiger partial charge in [-0.2, -0.15) is 0 Å². The van der Waals surface area contributed by atoms with Crippen LogP contribution in [0.15, 0.2) is 194 Å². The van der Waals surface area contributed by atoms with E-state index in [4.69, 9.17) is 9.97 Å². The molecule has 0 bridgehead atoms. The van der Waals surface area contributed by atoms with E-state index in [1.807, 2.05) is 32.0 Å². The Bertz CT molecular complexity index is 3480. The zero-order chi connectivity index (χ0) is 43.9. The fraction of sp³-hybridized carbons (Fsp3) is 0.0370. The smallest absolute Gasteiger partial charge is 0.269 e. The Hall–Kier alpha value is -8.76. The lowest BCUT2D eigenvalue weighted by molar-refractivity contribution is -0.385. The zero-order valence-corrected chi connectivity index (χ0v) is 34.8. The summed E-state index contributed by atoms with van der Waals surface area (Å²) in [6.07, 6.45) is 0. The number of aromatic nitrogens is 4. The highest BCUT2D eigenvalue weighted by Crippen LogP contribution is 2.39. The number of nitro groups is 2. The van der Waals surface area contributed by atoms with E-state index in [1.165, 1.54) is 35.0 Å². The molecule has 10 heteroatoms. The van der Waals surface area contributed by atoms with Crippen molar-refractivity contribution in [1.29, 1.82) is 0 Å². The summed E-state index contributed by atoms with van der Waals surface area (Å²) in [7, 11) is 0. The molecule has 0 fully saturated rings. The van der Waals surface area contributed by atoms with E-state index < -0.39 is 9.85 Å². The van der Waals surface area contributed by atoms with Crippen LogP contribution in [0.5, 0.6) is 0 Å². The molecule has 64 heavy (non-hydrogen) atoms. The normalized spacial score (nSPS) is 11.2. The van der Waals surface area contributed by atoms with Crippen molar-refractivity contribution in [2.75, 3.05) is 0 Å². The lowest BCUT2D eigenvalue weighted by atomic mass is 10.0. The highest BCUT2D eigenvalue weighted by molar-refractivity contribution is 6.12.